The first-order chi connectivity index (χ1) is 14.5. The Morgan fingerprint density at radius 2 is 1.67 bits per heavy atom. The van der Waals surface area contributed by atoms with Gasteiger partial charge in [-0.15, -0.1) is 0 Å². The third-order valence-corrected chi connectivity index (χ3v) is 5.17. The number of methoxy groups -OCH3 is 1. The fraction of sp³-hybridized carbons (Fsp3) is 0.174. The van der Waals surface area contributed by atoms with Crippen LogP contribution in [0.5, 0.6) is 11.5 Å². The van der Waals surface area contributed by atoms with Crippen LogP contribution in [-0.2, 0) is 4.79 Å². The van der Waals surface area contributed by atoms with Crippen molar-refractivity contribution in [3.8, 4) is 11.5 Å². The Labute approximate surface area is 173 Å². The number of carbonyl (C=O) groups is 1. The second kappa shape index (κ2) is 7.87. The minimum atomic E-state index is -0.776. The van der Waals surface area contributed by atoms with Crippen LogP contribution in [0, 0.1) is 17.0 Å². The van der Waals surface area contributed by atoms with Crippen molar-refractivity contribution in [3.05, 3.63) is 94.0 Å². The number of para-hydroxylation sites is 2. The predicted molar refractivity (Wildman–Crippen MR) is 112 cm³/mol. The highest BCUT2D eigenvalue weighted by atomic mass is 16.6. The normalized spacial score (nSPS) is 17.9. The number of nitro benzene ring substituents is 1. The third-order valence-electron chi connectivity index (χ3n) is 5.17. The van der Waals surface area contributed by atoms with Gasteiger partial charge in [0.2, 0.25) is 6.10 Å². The van der Waals surface area contributed by atoms with Gasteiger partial charge in [-0.3, -0.25) is 19.8 Å². The summed E-state index contributed by atoms with van der Waals surface area (Å²) in [4.78, 5) is 25.4. The molecule has 1 aliphatic rings. The van der Waals surface area contributed by atoms with E-state index in [4.69, 9.17) is 9.47 Å². The highest BCUT2D eigenvalue weighted by Gasteiger charge is 2.52. The summed E-state index contributed by atoms with van der Waals surface area (Å²) in [5.74, 6) is 0.966. The molecule has 1 heterocycles. The number of rotatable bonds is 6. The molecule has 1 saturated heterocycles. The van der Waals surface area contributed by atoms with Crippen LogP contribution < -0.4 is 14.4 Å². The van der Waals surface area contributed by atoms with Crippen molar-refractivity contribution in [3.63, 3.8) is 0 Å². The van der Waals surface area contributed by atoms with Crippen molar-refractivity contribution in [2.24, 2.45) is 0 Å². The number of nitro groups is 1. The molecule has 0 radical (unpaired) electrons. The maximum atomic E-state index is 13.1. The molecule has 0 spiro atoms. The van der Waals surface area contributed by atoms with Gasteiger partial charge in [-0.25, -0.2) is 0 Å². The Hall–Kier alpha value is -3.87. The summed E-state index contributed by atoms with van der Waals surface area (Å²) in [5.41, 5.74) is 2.04. The fourth-order valence-electron chi connectivity index (χ4n) is 3.66. The van der Waals surface area contributed by atoms with Crippen molar-refractivity contribution >= 4 is 17.3 Å². The molecular formula is C23H20N2O5. The second-order valence-electron chi connectivity index (χ2n) is 6.98. The van der Waals surface area contributed by atoms with Crippen LogP contribution in [0.25, 0.3) is 0 Å². The molecule has 0 unspecified atom stereocenters. The highest BCUT2D eigenvalue weighted by Crippen LogP contribution is 2.45. The molecule has 1 aliphatic heterocycles. The maximum absolute atomic E-state index is 13.1. The van der Waals surface area contributed by atoms with Gasteiger partial charge in [-0.1, -0.05) is 42.5 Å². The van der Waals surface area contributed by atoms with E-state index in [1.165, 1.54) is 17.0 Å². The zero-order valence-electron chi connectivity index (χ0n) is 16.5. The largest absolute Gasteiger partial charge is 0.496 e. The molecule has 0 aliphatic carbocycles. The number of hydrogen-bond donors (Lipinski definition) is 0. The topological polar surface area (TPSA) is 81.9 Å². The SMILES string of the molecule is COc1ccccc1[C@H]1[C@H](Oc2ccccc2C)C(=O)N1c1cccc([N+](=O)[O-])c1. The number of hydrogen-bond acceptors (Lipinski definition) is 5. The molecule has 0 aromatic heterocycles. The van der Waals surface area contributed by atoms with Gasteiger partial charge in [-0.2, -0.15) is 0 Å². The predicted octanol–water partition coefficient (Wildman–Crippen LogP) is 4.45. The van der Waals surface area contributed by atoms with E-state index >= 15 is 0 Å². The summed E-state index contributed by atoms with van der Waals surface area (Å²) in [7, 11) is 1.56. The first kappa shape index (κ1) is 19.4. The van der Waals surface area contributed by atoms with Gasteiger partial charge < -0.3 is 9.47 Å². The zero-order chi connectivity index (χ0) is 21.3. The van der Waals surface area contributed by atoms with Gasteiger partial charge in [0.15, 0.2) is 0 Å². The number of aryl methyl sites for hydroxylation is 1. The molecule has 7 nitrogen and oxygen atoms in total. The second-order valence-corrected chi connectivity index (χ2v) is 6.98. The van der Waals surface area contributed by atoms with E-state index in [0.717, 1.165) is 11.1 Å². The lowest BCUT2D eigenvalue weighted by Gasteiger charge is -2.47. The van der Waals surface area contributed by atoms with Gasteiger partial charge >= 0.3 is 0 Å². The number of benzene rings is 3. The molecule has 2 atom stereocenters. The van der Waals surface area contributed by atoms with Crippen molar-refractivity contribution in [1.29, 1.82) is 0 Å². The molecule has 152 valence electrons. The van der Waals surface area contributed by atoms with Gasteiger partial charge in [0, 0.05) is 17.7 Å². The lowest BCUT2D eigenvalue weighted by atomic mass is 9.89. The van der Waals surface area contributed by atoms with E-state index in [9.17, 15) is 14.9 Å². The Morgan fingerprint density at radius 3 is 2.37 bits per heavy atom. The molecule has 0 N–H and O–H groups in total. The van der Waals surface area contributed by atoms with E-state index in [1.54, 1.807) is 19.2 Å². The quantitative estimate of drug-likeness (QED) is 0.344. The smallest absolute Gasteiger partial charge is 0.271 e. The van der Waals surface area contributed by atoms with E-state index < -0.39 is 17.1 Å². The lowest BCUT2D eigenvalue weighted by Crippen LogP contribution is -2.61. The Bertz CT molecular complexity index is 1110. The minimum absolute atomic E-state index is 0.0812. The summed E-state index contributed by atoms with van der Waals surface area (Å²) in [6, 6.07) is 20.4. The van der Waals surface area contributed by atoms with Crippen molar-refractivity contribution in [2.45, 2.75) is 19.1 Å². The molecule has 1 fully saturated rings. The van der Waals surface area contributed by atoms with Gasteiger partial charge in [-0.05, 0) is 30.7 Å². The fourth-order valence-corrected chi connectivity index (χ4v) is 3.66. The number of carbonyl (C=O) groups excluding carboxylic acids is 1. The van der Waals surface area contributed by atoms with Gasteiger partial charge in [0.05, 0.1) is 17.7 Å². The van der Waals surface area contributed by atoms with Crippen LogP contribution in [0.4, 0.5) is 11.4 Å². The summed E-state index contributed by atoms with van der Waals surface area (Å²) < 4.78 is 11.6. The standard InChI is InChI=1S/C23H20N2O5/c1-15-8-3-5-12-19(15)30-22-21(18-11-4-6-13-20(18)29-2)24(23(22)26)16-9-7-10-17(14-16)25(27)28/h3-14,21-22H,1-2H3/t21-,22-/m0/s1. The monoisotopic (exact) mass is 404 g/mol. The summed E-state index contributed by atoms with van der Waals surface area (Å²) in [6.45, 7) is 1.91. The van der Waals surface area contributed by atoms with Crippen LogP contribution in [-0.4, -0.2) is 24.0 Å². The van der Waals surface area contributed by atoms with Crippen LogP contribution in [0.2, 0.25) is 0 Å². The van der Waals surface area contributed by atoms with E-state index in [-0.39, 0.29) is 11.6 Å². The Morgan fingerprint density at radius 1 is 0.967 bits per heavy atom. The number of amides is 1. The van der Waals surface area contributed by atoms with Crippen LogP contribution >= 0.6 is 0 Å². The number of anilines is 1. The van der Waals surface area contributed by atoms with Crippen LogP contribution in [0.1, 0.15) is 17.2 Å². The van der Waals surface area contributed by atoms with E-state index in [0.29, 0.717) is 17.2 Å². The molecule has 0 saturated carbocycles. The molecule has 3 aromatic rings. The lowest BCUT2D eigenvalue weighted by molar-refractivity contribution is -0.384. The molecule has 7 heteroatoms. The van der Waals surface area contributed by atoms with Crippen molar-refractivity contribution < 1.29 is 19.2 Å². The highest BCUT2D eigenvalue weighted by molar-refractivity contribution is 6.05. The first-order valence-corrected chi connectivity index (χ1v) is 9.44. The average Bonchev–Trinajstić information content (AvgIpc) is 2.76. The summed E-state index contributed by atoms with van der Waals surface area (Å²) in [6.07, 6.45) is -0.776. The van der Waals surface area contributed by atoms with Gasteiger partial charge in [0.1, 0.15) is 17.5 Å². The van der Waals surface area contributed by atoms with Crippen molar-refractivity contribution in [1.82, 2.24) is 0 Å². The first-order valence-electron chi connectivity index (χ1n) is 9.44. The third kappa shape index (κ3) is 3.34. The summed E-state index contributed by atoms with van der Waals surface area (Å²) >= 11 is 0. The summed E-state index contributed by atoms with van der Waals surface area (Å²) in [5, 5.41) is 11.2. The molecule has 3 aromatic carbocycles. The van der Waals surface area contributed by atoms with E-state index in [1.807, 2.05) is 55.5 Å². The molecule has 1 amide bonds. The number of non-ortho nitro benzene ring substituents is 1. The number of nitrogens with zero attached hydrogens (tertiary/aromatic N) is 2. The zero-order valence-corrected chi connectivity index (χ0v) is 16.5. The average molecular weight is 404 g/mol. The van der Waals surface area contributed by atoms with E-state index in [2.05, 4.69) is 0 Å². The maximum Gasteiger partial charge on any atom is 0.271 e. The van der Waals surface area contributed by atoms with Crippen molar-refractivity contribution in [2.75, 3.05) is 12.0 Å². The molecule has 4 rings (SSSR count). The molecule has 0 bridgehead atoms. The number of β-lactam (4-membered cyclic amide) rings is 1. The molecule has 30 heavy (non-hydrogen) atoms. The molecular weight excluding hydrogens is 384 g/mol. The minimum Gasteiger partial charge on any atom is -0.496 e. The Kier molecular flexibility index (Phi) is 5.10. The number of ether oxygens (including phenoxy) is 2. The van der Waals surface area contributed by atoms with Crippen LogP contribution in [0.15, 0.2) is 72.8 Å². The Balaban J connectivity index is 1.77. The van der Waals surface area contributed by atoms with Crippen LogP contribution in [0.3, 0.4) is 0 Å². The van der Waals surface area contributed by atoms with Gasteiger partial charge in [0.25, 0.3) is 11.6 Å².